The highest BCUT2D eigenvalue weighted by Crippen LogP contribution is 2.35. The highest BCUT2D eigenvalue weighted by Gasteiger charge is 2.29. The molecular weight excluding hydrogens is 312 g/mol. The predicted octanol–water partition coefficient (Wildman–Crippen LogP) is 2.51. The van der Waals surface area contributed by atoms with Crippen LogP contribution in [-0.4, -0.2) is 21.9 Å². The van der Waals surface area contributed by atoms with Crippen LogP contribution >= 0.6 is 34.2 Å². The molecule has 3 nitrogen and oxygen atoms in total. The van der Waals surface area contributed by atoms with Crippen molar-refractivity contribution >= 4 is 40.0 Å². The molecule has 1 unspecified atom stereocenters. The summed E-state index contributed by atoms with van der Waals surface area (Å²) in [7, 11) is 0. The third-order valence-corrected chi connectivity index (χ3v) is 3.57. The molecule has 1 atom stereocenters. The lowest BCUT2D eigenvalue weighted by Gasteiger charge is -2.10. The van der Waals surface area contributed by atoms with Crippen LogP contribution in [0, 0.1) is 9.49 Å². The van der Waals surface area contributed by atoms with Crippen LogP contribution in [0.4, 0.5) is 5.82 Å². The number of rotatable bonds is 4. The van der Waals surface area contributed by atoms with Crippen LogP contribution in [0.15, 0.2) is 12.5 Å². The fourth-order valence-electron chi connectivity index (χ4n) is 1.26. The van der Waals surface area contributed by atoms with Gasteiger partial charge < -0.3 is 5.32 Å². The highest BCUT2D eigenvalue weighted by atomic mass is 127. The number of halogens is 2. The average Bonchev–Trinajstić information content (AvgIpc) is 2.99. The van der Waals surface area contributed by atoms with Gasteiger partial charge in [-0.2, -0.15) is 0 Å². The van der Waals surface area contributed by atoms with Gasteiger partial charge >= 0.3 is 0 Å². The molecule has 1 saturated carbocycles. The molecule has 0 spiro atoms. The standard InChI is InChI=1S/C9H11ClIN3/c10-7(6-1-2-6)3-13-9-8(11)4-12-5-14-9/h4-7H,1-3H2,(H,12,13,14). The van der Waals surface area contributed by atoms with Crippen molar-refractivity contribution < 1.29 is 0 Å². The van der Waals surface area contributed by atoms with Crippen molar-refractivity contribution in [2.75, 3.05) is 11.9 Å². The van der Waals surface area contributed by atoms with Gasteiger partial charge in [-0.15, -0.1) is 11.6 Å². The minimum absolute atomic E-state index is 0.237. The Morgan fingerprint density at radius 2 is 2.43 bits per heavy atom. The SMILES string of the molecule is ClC(CNc1ncncc1I)C1CC1. The van der Waals surface area contributed by atoms with E-state index in [0.29, 0.717) is 5.92 Å². The number of nitrogens with one attached hydrogen (secondary N) is 1. The Labute approximate surface area is 102 Å². The molecule has 1 fully saturated rings. The van der Waals surface area contributed by atoms with Crippen LogP contribution in [0.3, 0.4) is 0 Å². The summed E-state index contributed by atoms with van der Waals surface area (Å²) in [5.41, 5.74) is 0. The third kappa shape index (κ3) is 2.70. The maximum Gasteiger partial charge on any atom is 0.142 e. The molecule has 1 N–H and O–H groups in total. The second kappa shape index (κ2) is 4.61. The molecule has 2 rings (SSSR count). The molecule has 1 aromatic heterocycles. The highest BCUT2D eigenvalue weighted by molar-refractivity contribution is 14.1. The van der Waals surface area contributed by atoms with Crippen molar-refractivity contribution in [2.45, 2.75) is 18.2 Å². The second-order valence-corrected chi connectivity index (χ2v) is 5.18. The van der Waals surface area contributed by atoms with Crippen molar-refractivity contribution in [1.29, 1.82) is 0 Å². The molecule has 5 heteroatoms. The van der Waals surface area contributed by atoms with Crippen LogP contribution in [-0.2, 0) is 0 Å². The summed E-state index contributed by atoms with van der Waals surface area (Å²) in [6.07, 6.45) is 5.88. The maximum atomic E-state index is 6.17. The molecule has 14 heavy (non-hydrogen) atoms. The van der Waals surface area contributed by atoms with Crippen LogP contribution < -0.4 is 5.32 Å². The molecule has 76 valence electrons. The monoisotopic (exact) mass is 323 g/mol. The summed E-state index contributed by atoms with van der Waals surface area (Å²) in [4.78, 5) is 8.07. The first-order valence-corrected chi connectivity index (χ1v) is 6.12. The van der Waals surface area contributed by atoms with Gasteiger partial charge in [0.2, 0.25) is 0 Å². The Kier molecular flexibility index (Phi) is 3.43. The quantitative estimate of drug-likeness (QED) is 0.683. The number of aromatic nitrogens is 2. The van der Waals surface area contributed by atoms with Gasteiger partial charge in [-0.05, 0) is 41.4 Å². The van der Waals surface area contributed by atoms with E-state index in [-0.39, 0.29) is 5.38 Å². The van der Waals surface area contributed by atoms with Gasteiger partial charge in [-0.25, -0.2) is 9.97 Å². The molecule has 0 saturated heterocycles. The topological polar surface area (TPSA) is 37.8 Å². The van der Waals surface area contributed by atoms with Gasteiger partial charge in [-0.1, -0.05) is 0 Å². The molecule has 0 aromatic carbocycles. The Balaban J connectivity index is 1.87. The van der Waals surface area contributed by atoms with E-state index in [9.17, 15) is 0 Å². The van der Waals surface area contributed by atoms with Crippen molar-refractivity contribution in [3.8, 4) is 0 Å². The van der Waals surface area contributed by atoms with Gasteiger partial charge in [0.15, 0.2) is 0 Å². The van der Waals surface area contributed by atoms with Gasteiger partial charge in [0, 0.05) is 12.7 Å². The van der Waals surface area contributed by atoms with E-state index in [0.717, 1.165) is 15.9 Å². The molecule has 1 aromatic rings. The van der Waals surface area contributed by atoms with Crippen LogP contribution in [0.2, 0.25) is 0 Å². The van der Waals surface area contributed by atoms with Gasteiger partial charge in [0.25, 0.3) is 0 Å². The Bertz CT molecular complexity index is 317. The molecule has 1 heterocycles. The van der Waals surface area contributed by atoms with Crippen molar-refractivity contribution in [1.82, 2.24) is 9.97 Å². The Hall–Kier alpha value is -0.100. The molecule has 0 aliphatic heterocycles. The number of alkyl halides is 1. The second-order valence-electron chi connectivity index (χ2n) is 3.45. The minimum atomic E-state index is 0.237. The molecule has 0 bridgehead atoms. The molecule has 1 aliphatic rings. The maximum absolute atomic E-state index is 6.17. The first-order valence-electron chi connectivity index (χ1n) is 4.61. The largest absolute Gasteiger partial charge is 0.368 e. The van der Waals surface area contributed by atoms with Crippen molar-refractivity contribution in [2.24, 2.45) is 5.92 Å². The summed E-state index contributed by atoms with van der Waals surface area (Å²) in [5.74, 6) is 1.59. The molecular formula is C9H11ClIN3. The smallest absolute Gasteiger partial charge is 0.142 e. The zero-order chi connectivity index (χ0) is 9.97. The fourth-order valence-corrected chi connectivity index (χ4v) is 2.08. The van der Waals surface area contributed by atoms with Crippen LogP contribution in [0.25, 0.3) is 0 Å². The first kappa shape index (κ1) is 10.4. The number of anilines is 1. The van der Waals surface area contributed by atoms with E-state index in [1.54, 1.807) is 12.5 Å². The normalized spacial score (nSPS) is 17.9. The zero-order valence-electron chi connectivity index (χ0n) is 7.58. The van der Waals surface area contributed by atoms with E-state index in [1.165, 1.54) is 12.8 Å². The van der Waals surface area contributed by atoms with E-state index in [1.807, 2.05) is 0 Å². The Morgan fingerprint density at radius 3 is 3.07 bits per heavy atom. The minimum Gasteiger partial charge on any atom is -0.368 e. The molecule has 0 amide bonds. The van der Waals surface area contributed by atoms with Gasteiger partial charge in [0.1, 0.15) is 12.1 Å². The molecule has 0 radical (unpaired) electrons. The van der Waals surface area contributed by atoms with E-state index in [2.05, 4.69) is 37.9 Å². The number of hydrogen-bond acceptors (Lipinski definition) is 3. The van der Waals surface area contributed by atoms with Gasteiger partial charge in [-0.3, -0.25) is 0 Å². The fraction of sp³-hybridized carbons (Fsp3) is 0.556. The summed E-state index contributed by atoms with van der Waals surface area (Å²) >= 11 is 8.38. The number of nitrogens with zero attached hydrogens (tertiary/aromatic N) is 2. The first-order chi connectivity index (χ1) is 6.77. The van der Waals surface area contributed by atoms with Crippen LogP contribution in [0.5, 0.6) is 0 Å². The van der Waals surface area contributed by atoms with E-state index >= 15 is 0 Å². The zero-order valence-corrected chi connectivity index (χ0v) is 10.5. The van der Waals surface area contributed by atoms with Gasteiger partial charge in [0.05, 0.1) is 8.95 Å². The molecule has 1 aliphatic carbocycles. The number of hydrogen-bond donors (Lipinski definition) is 1. The third-order valence-electron chi connectivity index (χ3n) is 2.27. The van der Waals surface area contributed by atoms with Crippen molar-refractivity contribution in [3.63, 3.8) is 0 Å². The lowest BCUT2D eigenvalue weighted by Crippen LogP contribution is -2.17. The lowest BCUT2D eigenvalue weighted by molar-refractivity contribution is 0.767. The van der Waals surface area contributed by atoms with Crippen molar-refractivity contribution in [3.05, 3.63) is 16.1 Å². The lowest BCUT2D eigenvalue weighted by atomic mass is 10.3. The predicted molar refractivity (Wildman–Crippen MR) is 65.6 cm³/mol. The summed E-state index contributed by atoms with van der Waals surface area (Å²) < 4.78 is 1.03. The average molecular weight is 324 g/mol. The summed E-state index contributed by atoms with van der Waals surface area (Å²) in [6.45, 7) is 0.791. The summed E-state index contributed by atoms with van der Waals surface area (Å²) in [5, 5.41) is 3.48. The van der Waals surface area contributed by atoms with Crippen LogP contribution in [0.1, 0.15) is 12.8 Å². The van der Waals surface area contributed by atoms with E-state index in [4.69, 9.17) is 11.6 Å². The Morgan fingerprint density at radius 1 is 1.64 bits per heavy atom. The van der Waals surface area contributed by atoms with E-state index < -0.39 is 0 Å². The summed E-state index contributed by atoms with van der Waals surface area (Å²) in [6, 6.07) is 0.